The lowest BCUT2D eigenvalue weighted by Gasteiger charge is -2.25. The summed E-state index contributed by atoms with van der Waals surface area (Å²) in [6.07, 6.45) is 67.2. The van der Waals surface area contributed by atoms with Crippen LogP contribution in [0, 0.1) is 0 Å². The maximum Gasteiger partial charge on any atom is 0.472 e. The van der Waals surface area contributed by atoms with Crippen LogP contribution in [0.2, 0.25) is 0 Å². The lowest BCUT2D eigenvalue weighted by Crippen LogP contribution is -2.45. The zero-order valence-corrected chi connectivity index (χ0v) is 46.5. The molecule has 0 saturated carbocycles. The number of phosphoric acid groups is 1. The molecule has 0 spiro atoms. The summed E-state index contributed by atoms with van der Waals surface area (Å²) in [5.74, 6) is -0.192. The molecule has 1 amide bonds. The molecule has 0 aromatic heterocycles. The number of likely N-dealkylation sites (N-methyl/N-ethyl adjacent to an activating group) is 1. The van der Waals surface area contributed by atoms with E-state index in [-0.39, 0.29) is 19.1 Å². The van der Waals surface area contributed by atoms with E-state index in [1.807, 2.05) is 34.1 Å². The van der Waals surface area contributed by atoms with Gasteiger partial charge in [-0.2, -0.15) is 0 Å². The van der Waals surface area contributed by atoms with Crippen LogP contribution >= 0.6 is 7.82 Å². The standard InChI is InChI=1S/C59H113N2O6P/c1-6-8-10-12-14-16-17-18-19-20-21-22-23-24-25-26-27-28-29-30-31-32-33-34-35-36-37-38-39-40-41-42-43-45-47-49-51-53-59(63)60-57(56-67-68(64,65)66-55-54-61(3,4)5)58(62)52-50-48-46-44-15-13-11-9-7-2/h7,9,15,28-29,44,50,52,57-58,62H,6,8,10-14,16-27,30-43,45-49,51,53-56H2,1-5H3,(H-,60,63,64,65)/p+1/b9-7+,29-28-,44-15+,52-50+. The number of aliphatic hydroxyl groups is 1. The Morgan fingerprint density at radius 3 is 1.26 bits per heavy atom. The monoisotopic (exact) mass is 978 g/mol. The predicted molar refractivity (Wildman–Crippen MR) is 295 cm³/mol. The van der Waals surface area contributed by atoms with Crippen molar-refractivity contribution in [2.45, 2.75) is 283 Å². The Kier molecular flexibility index (Phi) is 49.3. The second-order valence-electron chi connectivity index (χ2n) is 21.0. The second kappa shape index (κ2) is 50.4. The summed E-state index contributed by atoms with van der Waals surface area (Å²) < 4.78 is 23.5. The van der Waals surface area contributed by atoms with Gasteiger partial charge in [0.05, 0.1) is 39.9 Å². The molecule has 0 fully saturated rings. The fourth-order valence-electron chi connectivity index (χ4n) is 8.55. The minimum Gasteiger partial charge on any atom is -0.387 e. The third kappa shape index (κ3) is 52.3. The number of hydrogen-bond donors (Lipinski definition) is 3. The number of phosphoric ester groups is 1. The summed E-state index contributed by atoms with van der Waals surface area (Å²) in [5, 5.41) is 13.8. The van der Waals surface area contributed by atoms with Crippen LogP contribution < -0.4 is 5.32 Å². The summed E-state index contributed by atoms with van der Waals surface area (Å²) in [6.45, 7) is 4.57. The molecule has 0 aromatic rings. The van der Waals surface area contributed by atoms with Crippen LogP contribution in [0.1, 0.15) is 271 Å². The van der Waals surface area contributed by atoms with Gasteiger partial charge in [0.15, 0.2) is 0 Å². The van der Waals surface area contributed by atoms with Gasteiger partial charge in [0, 0.05) is 6.42 Å². The maximum absolute atomic E-state index is 12.9. The molecule has 0 aromatic carbocycles. The topological polar surface area (TPSA) is 105 Å². The number of allylic oxidation sites excluding steroid dienone is 7. The molecule has 3 N–H and O–H groups in total. The first kappa shape index (κ1) is 66.5. The molecule has 68 heavy (non-hydrogen) atoms. The van der Waals surface area contributed by atoms with Crippen LogP contribution in [-0.4, -0.2) is 73.4 Å². The fourth-order valence-corrected chi connectivity index (χ4v) is 9.28. The number of nitrogens with one attached hydrogen (secondary N) is 1. The van der Waals surface area contributed by atoms with E-state index in [1.165, 1.54) is 205 Å². The van der Waals surface area contributed by atoms with Crippen molar-refractivity contribution in [1.29, 1.82) is 0 Å². The summed E-state index contributed by atoms with van der Waals surface area (Å²) in [4.78, 5) is 23.1. The van der Waals surface area contributed by atoms with Crippen LogP contribution in [0.5, 0.6) is 0 Å². The molecule has 3 unspecified atom stereocenters. The zero-order chi connectivity index (χ0) is 49.9. The third-order valence-corrected chi connectivity index (χ3v) is 14.1. The van der Waals surface area contributed by atoms with Gasteiger partial charge in [-0.1, -0.05) is 248 Å². The van der Waals surface area contributed by atoms with E-state index in [9.17, 15) is 19.4 Å². The summed E-state index contributed by atoms with van der Waals surface area (Å²) in [7, 11) is 1.55. The van der Waals surface area contributed by atoms with E-state index in [1.54, 1.807) is 6.08 Å². The lowest BCUT2D eigenvalue weighted by atomic mass is 10.0. The van der Waals surface area contributed by atoms with Crippen molar-refractivity contribution in [3.63, 3.8) is 0 Å². The number of rotatable bonds is 53. The average molecular weight is 979 g/mol. The van der Waals surface area contributed by atoms with Crippen molar-refractivity contribution in [3.05, 3.63) is 48.6 Å². The molecule has 0 rings (SSSR count). The summed E-state index contributed by atoms with van der Waals surface area (Å²) >= 11 is 0. The molecule has 0 radical (unpaired) electrons. The molecule has 0 bridgehead atoms. The molecule has 8 nitrogen and oxygen atoms in total. The smallest absolute Gasteiger partial charge is 0.387 e. The molecule has 0 aliphatic carbocycles. The van der Waals surface area contributed by atoms with Crippen LogP contribution in [0.3, 0.4) is 0 Å². The van der Waals surface area contributed by atoms with Crippen molar-refractivity contribution < 1.29 is 32.9 Å². The zero-order valence-electron chi connectivity index (χ0n) is 45.6. The molecule has 0 saturated heterocycles. The van der Waals surface area contributed by atoms with Gasteiger partial charge in [0.1, 0.15) is 13.2 Å². The highest BCUT2D eigenvalue weighted by Crippen LogP contribution is 2.43. The molecular formula is C59H114N2O6P+. The van der Waals surface area contributed by atoms with Crippen molar-refractivity contribution >= 4 is 13.7 Å². The van der Waals surface area contributed by atoms with Gasteiger partial charge in [-0.05, 0) is 64.7 Å². The van der Waals surface area contributed by atoms with E-state index < -0.39 is 20.0 Å². The minimum absolute atomic E-state index is 0.0531. The first-order valence-electron chi connectivity index (χ1n) is 29.0. The maximum atomic E-state index is 12.9. The van der Waals surface area contributed by atoms with Gasteiger partial charge >= 0.3 is 7.82 Å². The van der Waals surface area contributed by atoms with E-state index >= 15 is 0 Å². The van der Waals surface area contributed by atoms with Crippen molar-refractivity contribution in [3.8, 4) is 0 Å². The number of nitrogens with zero attached hydrogens (tertiary/aromatic N) is 1. The highest BCUT2D eigenvalue weighted by Gasteiger charge is 2.27. The average Bonchev–Trinajstić information content (AvgIpc) is 3.30. The number of quaternary nitrogens is 1. The Morgan fingerprint density at radius 1 is 0.515 bits per heavy atom. The SMILES string of the molecule is C/C=C/CC/C=C/CC/C=C/C(O)C(COP(=O)(O)OCC[N+](C)(C)C)NC(=O)CCCCCCCCCCCCCCCCCCC/C=C\CCCCCCCCCCCCCCCCCC. The van der Waals surface area contributed by atoms with Gasteiger partial charge in [0.25, 0.3) is 0 Å². The fraction of sp³-hybridized carbons (Fsp3) is 0.847. The number of unbranched alkanes of at least 4 members (excludes halogenated alkanes) is 35. The van der Waals surface area contributed by atoms with Crippen LogP contribution in [0.4, 0.5) is 0 Å². The Bertz CT molecular complexity index is 1250. The van der Waals surface area contributed by atoms with E-state index in [0.29, 0.717) is 17.4 Å². The molecule has 400 valence electrons. The summed E-state index contributed by atoms with van der Waals surface area (Å²) in [5.41, 5.74) is 0. The van der Waals surface area contributed by atoms with Crippen molar-refractivity contribution in [1.82, 2.24) is 5.32 Å². The number of amides is 1. The quantitative estimate of drug-likeness (QED) is 0.0243. The van der Waals surface area contributed by atoms with Gasteiger partial charge < -0.3 is 19.8 Å². The first-order valence-corrected chi connectivity index (χ1v) is 30.5. The largest absolute Gasteiger partial charge is 0.472 e. The second-order valence-corrected chi connectivity index (χ2v) is 22.5. The van der Waals surface area contributed by atoms with Gasteiger partial charge in [-0.25, -0.2) is 4.57 Å². The Labute approximate surface area is 422 Å². The highest BCUT2D eigenvalue weighted by atomic mass is 31.2. The molecule has 0 aliphatic rings. The number of aliphatic hydroxyl groups excluding tert-OH is 1. The highest BCUT2D eigenvalue weighted by molar-refractivity contribution is 7.47. The van der Waals surface area contributed by atoms with Crippen LogP contribution in [0.15, 0.2) is 48.6 Å². The Morgan fingerprint density at radius 2 is 0.868 bits per heavy atom. The van der Waals surface area contributed by atoms with Gasteiger partial charge in [-0.3, -0.25) is 13.8 Å². The molecular weight excluding hydrogens is 864 g/mol. The van der Waals surface area contributed by atoms with Crippen molar-refractivity contribution in [2.75, 3.05) is 40.9 Å². The minimum atomic E-state index is -4.35. The van der Waals surface area contributed by atoms with E-state index in [4.69, 9.17) is 9.05 Å². The first-order chi connectivity index (χ1) is 33.0. The van der Waals surface area contributed by atoms with Crippen LogP contribution in [0.25, 0.3) is 0 Å². The van der Waals surface area contributed by atoms with Crippen LogP contribution in [-0.2, 0) is 18.4 Å². The molecule has 0 heterocycles. The predicted octanol–water partition coefficient (Wildman–Crippen LogP) is 17.5. The normalized spacial score (nSPS) is 14.3. The Hall–Kier alpha value is -1.54. The van der Waals surface area contributed by atoms with E-state index in [2.05, 4.69) is 48.7 Å². The van der Waals surface area contributed by atoms with Crippen molar-refractivity contribution in [2.24, 2.45) is 0 Å². The third-order valence-electron chi connectivity index (χ3n) is 13.1. The Balaban J connectivity index is 3.84. The summed E-state index contributed by atoms with van der Waals surface area (Å²) in [6, 6.07) is -0.867. The van der Waals surface area contributed by atoms with E-state index in [0.717, 1.165) is 44.9 Å². The lowest BCUT2D eigenvalue weighted by molar-refractivity contribution is -0.870. The molecule has 0 aliphatic heterocycles. The number of hydrogen-bond acceptors (Lipinski definition) is 5. The number of carbonyl (C=O) groups is 1. The molecule has 3 atom stereocenters. The molecule has 9 heteroatoms. The number of carbonyl (C=O) groups excluding carboxylic acids is 1. The van der Waals surface area contributed by atoms with Gasteiger partial charge in [-0.15, -0.1) is 0 Å². The van der Waals surface area contributed by atoms with Gasteiger partial charge in [0.2, 0.25) is 5.91 Å².